The molecule has 0 spiro atoms. The SMILES string of the molecule is CC[C@H]1C#C[C@H]2C=C3[C@H](CC)Cc4cc(O)c(O[C@H]5C[C@@H](Cc6ccc[nH]6)C6=CCNC(N)=C6CSSC[C@H](CO)[C@@H]5O)cc4[C@@H]3C[C@@H](O)[C@H]2[C@@H](O)CC[C@H](NC[C@H](C)O)C1. The number of aromatic nitrogens is 1. The number of H-pyrrole nitrogens is 1. The summed E-state index contributed by atoms with van der Waals surface area (Å²) >= 11 is 0. The molecule has 0 saturated carbocycles. The average molecular weight is 877 g/mol. The number of phenolic OH excluding ortho intramolecular Hbond substituents is 1. The highest BCUT2D eigenvalue weighted by atomic mass is 33.1. The number of ether oxygens (including phenoxy) is 1. The van der Waals surface area contributed by atoms with E-state index in [1.807, 2.05) is 18.3 Å². The van der Waals surface area contributed by atoms with Crippen molar-refractivity contribution >= 4 is 21.6 Å². The molecule has 61 heavy (non-hydrogen) atoms. The van der Waals surface area contributed by atoms with E-state index in [-0.39, 0.29) is 53.7 Å². The van der Waals surface area contributed by atoms with Crippen LogP contribution in [-0.4, -0.2) is 103 Å². The van der Waals surface area contributed by atoms with Gasteiger partial charge < -0.3 is 56.7 Å². The molecular weight excluding hydrogens is 809 g/mol. The van der Waals surface area contributed by atoms with Gasteiger partial charge in [0.25, 0.3) is 0 Å². The smallest absolute Gasteiger partial charge is 0.161 e. The summed E-state index contributed by atoms with van der Waals surface area (Å²) in [5, 5.41) is 75.3. The summed E-state index contributed by atoms with van der Waals surface area (Å²) in [6.45, 7) is 6.95. The lowest BCUT2D eigenvalue weighted by Gasteiger charge is -2.36. The van der Waals surface area contributed by atoms with E-state index in [0.717, 1.165) is 53.7 Å². The molecule has 5 aliphatic rings. The fourth-order valence-electron chi connectivity index (χ4n) is 10.5. The number of aliphatic hydroxyl groups is 5. The molecule has 1 aromatic heterocycles. The van der Waals surface area contributed by atoms with Crippen LogP contribution < -0.4 is 21.1 Å². The minimum atomic E-state index is -1.04. The molecule has 1 fully saturated rings. The zero-order valence-corrected chi connectivity index (χ0v) is 37.6. The highest BCUT2D eigenvalue weighted by Crippen LogP contribution is 2.51. The van der Waals surface area contributed by atoms with E-state index in [2.05, 4.69) is 59.5 Å². The molecule has 3 heterocycles. The summed E-state index contributed by atoms with van der Waals surface area (Å²) < 4.78 is 6.86. The van der Waals surface area contributed by atoms with Gasteiger partial charge in [0, 0.05) is 84.3 Å². The second-order valence-corrected chi connectivity index (χ2v) is 20.6. The largest absolute Gasteiger partial charge is 0.504 e. The minimum absolute atomic E-state index is 0.00572. The first-order chi connectivity index (χ1) is 29.5. The van der Waals surface area contributed by atoms with Crippen LogP contribution in [0.15, 0.2) is 65.2 Å². The van der Waals surface area contributed by atoms with Gasteiger partial charge in [0.1, 0.15) is 11.9 Å². The summed E-state index contributed by atoms with van der Waals surface area (Å²) in [6.07, 6.45) is 8.43. The number of aromatic hydroxyl groups is 1. The van der Waals surface area contributed by atoms with E-state index in [0.29, 0.717) is 62.5 Å². The third kappa shape index (κ3) is 10.8. The third-order valence-electron chi connectivity index (χ3n) is 13.9. The Morgan fingerprint density at radius 3 is 2.61 bits per heavy atom. The van der Waals surface area contributed by atoms with Crippen LogP contribution >= 0.6 is 21.6 Å². The number of aromatic amines is 1. The maximum Gasteiger partial charge on any atom is 0.161 e. The summed E-state index contributed by atoms with van der Waals surface area (Å²) in [5.74, 6) is 7.99. The number of phenols is 1. The van der Waals surface area contributed by atoms with Crippen molar-refractivity contribution in [2.45, 2.75) is 121 Å². The van der Waals surface area contributed by atoms with Gasteiger partial charge in [0.2, 0.25) is 0 Å². The molecule has 334 valence electrons. The van der Waals surface area contributed by atoms with Crippen LogP contribution in [0.2, 0.25) is 0 Å². The number of hydrogen-bond acceptors (Lipinski definition) is 12. The Kier molecular flexibility index (Phi) is 15.9. The van der Waals surface area contributed by atoms with E-state index < -0.39 is 42.4 Å². The predicted octanol–water partition coefficient (Wildman–Crippen LogP) is 5.28. The fraction of sp³-hybridized carbons (Fsp3) is 0.625. The number of nitrogens with one attached hydrogen (secondary N) is 3. The number of dihydropyridines is 1. The lowest BCUT2D eigenvalue weighted by molar-refractivity contribution is -0.0214. The number of benzene rings is 1. The lowest BCUT2D eigenvalue weighted by atomic mass is 9.70. The number of nitrogens with two attached hydrogens (primary N) is 1. The van der Waals surface area contributed by atoms with Crippen molar-refractivity contribution < 1.29 is 35.4 Å². The predicted molar refractivity (Wildman–Crippen MR) is 245 cm³/mol. The van der Waals surface area contributed by atoms with Crippen molar-refractivity contribution in [1.82, 2.24) is 15.6 Å². The Morgan fingerprint density at radius 1 is 1.03 bits per heavy atom. The zero-order valence-electron chi connectivity index (χ0n) is 35.9. The van der Waals surface area contributed by atoms with Crippen LogP contribution in [0, 0.1) is 47.3 Å². The molecular formula is C48H68N4O7S2. The van der Waals surface area contributed by atoms with Gasteiger partial charge in [-0.2, -0.15) is 0 Å². The summed E-state index contributed by atoms with van der Waals surface area (Å²) in [5.41, 5.74) is 13.0. The van der Waals surface area contributed by atoms with E-state index in [1.54, 1.807) is 34.6 Å². The van der Waals surface area contributed by atoms with Gasteiger partial charge in [-0.05, 0) is 118 Å². The first kappa shape index (κ1) is 45.9. The molecule has 0 bridgehead atoms. The van der Waals surface area contributed by atoms with Crippen LogP contribution in [-0.2, 0) is 12.8 Å². The lowest BCUT2D eigenvalue weighted by Crippen LogP contribution is -2.42. The van der Waals surface area contributed by atoms with Crippen LogP contribution in [0.25, 0.3) is 0 Å². The highest BCUT2D eigenvalue weighted by Gasteiger charge is 2.43. The molecule has 2 aliphatic heterocycles. The Hall–Kier alpha value is -3.06. The maximum atomic E-state index is 12.2. The summed E-state index contributed by atoms with van der Waals surface area (Å²) in [4.78, 5) is 3.36. The molecule has 2 aromatic rings. The zero-order chi connectivity index (χ0) is 43.2. The first-order valence-corrected chi connectivity index (χ1v) is 25.1. The maximum absolute atomic E-state index is 12.2. The van der Waals surface area contributed by atoms with Gasteiger partial charge in [-0.15, -0.1) is 0 Å². The van der Waals surface area contributed by atoms with Crippen LogP contribution in [0.3, 0.4) is 0 Å². The van der Waals surface area contributed by atoms with E-state index >= 15 is 0 Å². The normalized spacial score (nSPS) is 33.9. The molecule has 0 amide bonds. The molecule has 11 nitrogen and oxygen atoms in total. The van der Waals surface area contributed by atoms with Crippen molar-refractivity contribution in [1.29, 1.82) is 0 Å². The monoisotopic (exact) mass is 876 g/mol. The Balaban J connectivity index is 1.24. The van der Waals surface area contributed by atoms with Crippen molar-refractivity contribution in [2.75, 3.05) is 31.2 Å². The molecule has 13 heteroatoms. The fourth-order valence-corrected chi connectivity index (χ4v) is 13.0. The first-order valence-electron chi connectivity index (χ1n) is 22.6. The van der Waals surface area contributed by atoms with Crippen molar-refractivity contribution in [3.8, 4) is 23.3 Å². The third-order valence-corrected chi connectivity index (χ3v) is 16.3. The summed E-state index contributed by atoms with van der Waals surface area (Å²) in [7, 11) is 3.26. The van der Waals surface area contributed by atoms with E-state index in [9.17, 15) is 30.6 Å². The molecule has 11 N–H and O–H groups in total. The van der Waals surface area contributed by atoms with Gasteiger partial charge >= 0.3 is 0 Å². The minimum Gasteiger partial charge on any atom is -0.504 e. The quantitative estimate of drug-likeness (QED) is 0.0844. The van der Waals surface area contributed by atoms with Crippen LogP contribution in [0.4, 0.5) is 0 Å². The van der Waals surface area contributed by atoms with Gasteiger partial charge in [0.05, 0.1) is 24.4 Å². The molecule has 13 atom stereocenters. The Morgan fingerprint density at radius 2 is 1.87 bits per heavy atom. The van der Waals surface area contributed by atoms with Crippen LogP contribution in [0.1, 0.15) is 88.5 Å². The van der Waals surface area contributed by atoms with Crippen molar-refractivity contribution in [3.05, 3.63) is 82.0 Å². The van der Waals surface area contributed by atoms with Crippen molar-refractivity contribution in [2.24, 2.45) is 41.2 Å². The topological polar surface area (TPSA) is 196 Å². The van der Waals surface area contributed by atoms with E-state index in [1.165, 1.54) is 5.57 Å². The highest BCUT2D eigenvalue weighted by molar-refractivity contribution is 8.76. The molecule has 0 radical (unpaired) electrons. The number of fused-ring (bicyclic) bond motifs is 5. The standard InChI is InChI=1S/C48H68N4O7S2/c1-4-28-8-9-30-18-37-29(5-2)16-31-19-42(56)44(22-38(31)39(37)21-43(57)46(30)41(55)11-10-35(15-28)52-23-27(3)54)59-45-20-32(17-34-7-6-13-50-34)36-12-14-51-48(49)40(36)26-61-60-25-33(24-53)47(45)58/h6-7,12-13,18-19,22,27-30,32-33,35,39,41,43,45-47,50-58H,4-5,10-11,14-17,20-21,23-26,49H2,1-3H3/t27-,28-,29+,30-,32+,33-,35-,39+,41-,43+,45-,46+,47-/m0/s1. The second kappa shape index (κ2) is 21.1. The average Bonchev–Trinajstić information content (AvgIpc) is 3.70. The molecule has 3 aliphatic carbocycles. The second-order valence-electron chi connectivity index (χ2n) is 18.1. The molecule has 1 aromatic carbocycles. The molecule has 0 unspecified atom stereocenters. The molecule has 1 saturated heterocycles. The number of rotatable bonds is 10. The van der Waals surface area contributed by atoms with Gasteiger partial charge in [-0.25, -0.2) is 0 Å². The van der Waals surface area contributed by atoms with Crippen molar-refractivity contribution in [3.63, 3.8) is 0 Å². The van der Waals surface area contributed by atoms with Gasteiger partial charge in [0.15, 0.2) is 11.5 Å². The Bertz CT molecular complexity index is 1940. The number of aliphatic hydroxyl groups excluding tert-OH is 5. The number of hydrogen-bond donors (Lipinski definition) is 10. The summed E-state index contributed by atoms with van der Waals surface area (Å²) in [6, 6.07) is 7.86. The molecule has 7 rings (SSSR count). The number of allylic oxidation sites excluding steroid dienone is 3. The van der Waals surface area contributed by atoms with Crippen LogP contribution in [0.5, 0.6) is 11.5 Å². The Labute approximate surface area is 369 Å². The van der Waals surface area contributed by atoms with Gasteiger partial charge in [-0.1, -0.05) is 65.0 Å². The van der Waals surface area contributed by atoms with E-state index in [4.69, 9.17) is 10.5 Å². The van der Waals surface area contributed by atoms with Gasteiger partial charge in [-0.3, -0.25) is 0 Å².